The maximum absolute atomic E-state index is 12.7. The molecule has 1 aliphatic rings. The van der Waals surface area contributed by atoms with Crippen LogP contribution in [0.4, 0.5) is 0 Å². The molecule has 0 unspecified atom stereocenters. The monoisotopic (exact) mass is 358 g/mol. The first-order valence-corrected chi connectivity index (χ1v) is 7.71. The van der Waals surface area contributed by atoms with Crippen molar-refractivity contribution in [1.29, 1.82) is 0 Å². The Morgan fingerprint density at radius 1 is 1.35 bits per heavy atom. The molecule has 0 heterocycles. The first kappa shape index (κ1) is 15.3. The van der Waals surface area contributed by atoms with Gasteiger partial charge >= 0.3 is 0 Å². The molecule has 6 heteroatoms. The Labute approximate surface area is 131 Å². The first-order valence-electron chi connectivity index (χ1n) is 6.54. The molecule has 4 nitrogen and oxygen atoms in total. The lowest BCUT2D eigenvalue weighted by atomic mass is 10.1. The standard InChI is InChI=1S/C14H16BrClN2O2/c15-11-7-3-6-10(13(11)16)14(20)18(8-12(17)19)9-4-1-2-5-9/h3,6-7,9H,1-2,4-5,8H2,(H2,17,19). The van der Waals surface area contributed by atoms with Gasteiger partial charge in [-0.15, -0.1) is 0 Å². The van der Waals surface area contributed by atoms with E-state index in [9.17, 15) is 9.59 Å². The molecule has 0 spiro atoms. The average Bonchev–Trinajstić information content (AvgIpc) is 2.92. The summed E-state index contributed by atoms with van der Waals surface area (Å²) in [4.78, 5) is 25.5. The quantitative estimate of drug-likeness (QED) is 0.898. The van der Waals surface area contributed by atoms with Crippen molar-refractivity contribution in [1.82, 2.24) is 4.90 Å². The molecule has 1 aliphatic carbocycles. The van der Waals surface area contributed by atoms with Gasteiger partial charge in [0, 0.05) is 10.5 Å². The molecule has 1 aromatic carbocycles. The molecule has 1 fully saturated rings. The second kappa shape index (κ2) is 6.59. The van der Waals surface area contributed by atoms with Crippen LogP contribution in [0, 0.1) is 0 Å². The van der Waals surface area contributed by atoms with Crippen LogP contribution in [0.5, 0.6) is 0 Å². The van der Waals surface area contributed by atoms with Crippen molar-refractivity contribution < 1.29 is 9.59 Å². The van der Waals surface area contributed by atoms with Crippen LogP contribution in [0.3, 0.4) is 0 Å². The Morgan fingerprint density at radius 2 is 2.00 bits per heavy atom. The largest absolute Gasteiger partial charge is 0.368 e. The number of hydrogen-bond acceptors (Lipinski definition) is 2. The van der Waals surface area contributed by atoms with E-state index in [-0.39, 0.29) is 18.5 Å². The maximum Gasteiger partial charge on any atom is 0.256 e. The minimum Gasteiger partial charge on any atom is -0.368 e. The zero-order valence-corrected chi connectivity index (χ0v) is 13.3. The summed E-state index contributed by atoms with van der Waals surface area (Å²) in [6.45, 7) is -0.0632. The lowest BCUT2D eigenvalue weighted by Gasteiger charge is -2.28. The predicted molar refractivity (Wildman–Crippen MR) is 81.6 cm³/mol. The van der Waals surface area contributed by atoms with Gasteiger partial charge in [-0.1, -0.05) is 30.5 Å². The molecular formula is C14H16BrClN2O2. The second-order valence-electron chi connectivity index (χ2n) is 4.94. The van der Waals surface area contributed by atoms with Crippen molar-refractivity contribution >= 4 is 39.3 Å². The molecule has 1 aromatic rings. The van der Waals surface area contributed by atoms with Gasteiger partial charge in [0.25, 0.3) is 5.91 Å². The van der Waals surface area contributed by atoms with E-state index in [1.54, 1.807) is 23.1 Å². The van der Waals surface area contributed by atoms with Gasteiger partial charge in [-0.3, -0.25) is 9.59 Å². The van der Waals surface area contributed by atoms with Crippen LogP contribution >= 0.6 is 27.5 Å². The summed E-state index contributed by atoms with van der Waals surface area (Å²) < 4.78 is 0.662. The second-order valence-corrected chi connectivity index (χ2v) is 6.17. The molecule has 0 aliphatic heterocycles. The number of carbonyl (C=O) groups excluding carboxylic acids is 2. The number of benzene rings is 1. The number of amides is 2. The molecule has 20 heavy (non-hydrogen) atoms. The van der Waals surface area contributed by atoms with E-state index in [2.05, 4.69) is 15.9 Å². The summed E-state index contributed by atoms with van der Waals surface area (Å²) in [5.41, 5.74) is 5.67. The molecule has 2 rings (SSSR count). The number of carbonyl (C=O) groups is 2. The van der Waals surface area contributed by atoms with E-state index in [4.69, 9.17) is 17.3 Å². The highest BCUT2D eigenvalue weighted by molar-refractivity contribution is 9.10. The third-order valence-electron chi connectivity index (χ3n) is 3.53. The van der Waals surface area contributed by atoms with E-state index in [0.29, 0.717) is 15.1 Å². The van der Waals surface area contributed by atoms with Gasteiger partial charge in [-0.05, 0) is 40.9 Å². The molecule has 0 bridgehead atoms. The van der Waals surface area contributed by atoms with Crippen molar-refractivity contribution in [3.63, 3.8) is 0 Å². The van der Waals surface area contributed by atoms with Crippen molar-refractivity contribution in [2.24, 2.45) is 5.73 Å². The highest BCUT2D eigenvalue weighted by Crippen LogP contribution is 2.30. The van der Waals surface area contributed by atoms with Gasteiger partial charge in [0.05, 0.1) is 17.1 Å². The minimum atomic E-state index is -0.503. The van der Waals surface area contributed by atoms with Crippen LogP contribution in [0.1, 0.15) is 36.0 Å². The average molecular weight is 360 g/mol. The molecule has 0 radical (unpaired) electrons. The molecule has 0 saturated heterocycles. The van der Waals surface area contributed by atoms with Crippen molar-refractivity contribution in [2.75, 3.05) is 6.54 Å². The number of rotatable bonds is 4. The van der Waals surface area contributed by atoms with Crippen molar-refractivity contribution in [3.05, 3.63) is 33.3 Å². The SMILES string of the molecule is NC(=O)CN(C(=O)c1cccc(Br)c1Cl)C1CCCC1. The van der Waals surface area contributed by atoms with E-state index >= 15 is 0 Å². The third kappa shape index (κ3) is 3.33. The Hall–Kier alpha value is -1.07. The number of nitrogens with zero attached hydrogens (tertiary/aromatic N) is 1. The first-order chi connectivity index (χ1) is 9.50. The summed E-state index contributed by atoms with van der Waals surface area (Å²) >= 11 is 9.47. The smallest absolute Gasteiger partial charge is 0.256 e. The molecule has 0 atom stereocenters. The summed E-state index contributed by atoms with van der Waals surface area (Å²) in [6, 6.07) is 5.26. The summed E-state index contributed by atoms with van der Waals surface area (Å²) in [5.74, 6) is -0.738. The van der Waals surface area contributed by atoms with Gasteiger partial charge in [0.2, 0.25) is 5.91 Å². The van der Waals surface area contributed by atoms with Gasteiger partial charge < -0.3 is 10.6 Å². The van der Waals surface area contributed by atoms with E-state index < -0.39 is 5.91 Å². The minimum absolute atomic E-state index is 0.0632. The lowest BCUT2D eigenvalue weighted by molar-refractivity contribution is -0.119. The van der Waals surface area contributed by atoms with Crippen molar-refractivity contribution in [3.8, 4) is 0 Å². The van der Waals surface area contributed by atoms with Crippen molar-refractivity contribution in [2.45, 2.75) is 31.7 Å². The lowest BCUT2D eigenvalue weighted by Crippen LogP contribution is -2.44. The molecule has 2 N–H and O–H groups in total. The van der Waals surface area contributed by atoms with E-state index in [0.717, 1.165) is 25.7 Å². The van der Waals surface area contributed by atoms with Gasteiger partial charge in [0.15, 0.2) is 0 Å². The predicted octanol–water partition coefficient (Wildman–Crippen LogP) is 2.97. The molecule has 0 aromatic heterocycles. The Balaban J connectivity index is 2.29. The Bertz CT molecular complexity index is 530. The van der Waals surface area contributed by atoms with Gasteiger partial charge in [0.1, 0.15) is 0 Å². The zero-order chi connectivity index (χ0) is 14.7. The van der Waals surface area contributed by atoms with Crippen LogP contribution in [0.2, 0.25) is 5.02 Å². The number of nitrogens with two attached hydrogens (primary N) is 1. The maximum atomic E-state index is 12.7. The Kier molecular flexibility index (Phi) is 5.05. The summed E-state index contributed by atoms with van der Waals surface area (Å²) in [7, 11) is 0. The topological polar surface area (TPSA) is 63.4 Å². The number of primary amides is 1. The summed E-state index contributed by atoms with van der Waals surface area (Å²) in [5, 5.41) is 0.366. The van der Waals surface area contributed by atoms with Crippen LogP contribution in [-0.4, -0.2) is 29.3 Å². The van der Waals surface area contributed by atoms with Crippen LogP contribution in [0.15, 0.2) is 22.7 Å². The zero-order valence-electron chi connectivity index (χ0n) is 10.9. The number of halogens is 2. The highest BCUT2D eigenvalue weighted by atomic mass is 79.9. The van der Waals surface area contributed by atoms with Gasteiger partial charge in [-0.2, -0.15) is 0 Å². The molecular weight excluding hydrogens is 344 g/mol. The number of hydrogen-bond donors (Lipinski definition) is 1. The fourth-order valence-electron chi connectivity index (χ4n) is 2.57. The third-order valence-corrected chi connectivity index (χ3v) is 4.83. The molecule has 1 saturated carbocycles. The highest BCUT2D eigenvalue weighted by Gasteiger charge is 2.29. The van der Waals surface area contributed by atoms with Crippen LogP contribution in [-0.2, 0) is 4.79 Å². The fourth-order valence-corrected chi connectivity index (χ4v) is 3.15. The van der Waals surface area contributed by atoms with E-state index in [1.807, 2.05) is 0 Å². The molecule has 108 valence electrons. The summed E-state index contributed by atoms with van der Waals surface area (Å²) in [6.07, 6.45) is 3.95. The van der Waals surface area contributed by atoms with Crippen LogP contribution < -0.4 is 5.73 Å². The van der Waals surface area contributed by atoms with E-state index in [1.165, 1.54) is 0 Å². The Morgan fingerprint density at radius 3 is 2.60 bits per heavy atom. The fraction of sp³-hybridized carbons (Fsp3) is 0.429. The molecule has 2 amide bonds. The normalized spacial score (nSPS) is 15.3. The van der Waals surface area contributed by atoms with Crippen LogP contribution in [0.25, 0.3) is 0 Å². The van der Waals surface area contributed by atoms with Gasteiger partial charge in [-0.25, -0.2) is 0 Å².